The summed E-state index contributed by atoms with van der Waals surface area (Å²) in [6.07, 6.45) is 6.52. The third-order valence-electron chi connectivity index (χ3n) is 6.11. The number of amides is 2. The van der Waals surface area contributed by atoms with Crippen LogP contribution >= 0.6 is 0 Å². The van der Waals surface area contributed by atoms with Gasteiger partial charge in [-0.15, -0.1) is 0 Å². The van der Waals surface area contributed by atoms with Crippen molar-refractivity contribution in [2.24, 2.45) is 10.9 Å². The third kappa shape index (κ3) is 5.14. The minimum atomic E-state index is -0.506. The van der Waals surface area contributed by atoms with E-state index in [0.717, 1.165) is 43.6 Å². The first-order valence-corrected chi connectivity index (χ1v) is 11.2. The van der Waals surface area contributed by atoms with E-state index in [9.17, 15) is 9.59 Å². The van der Waals surface area contributed by atoms with Crippen LogP contribution in [0.1, 0.15) is 52.0 Å². The van der Waals surface area contributed by atoms with Crippen molar-refractivity contribution < 1.29 is 14.3 Å². The normalized spacial score (nSPS) is 21.6. The highest BCUT2D eigenvalue weighted by Crippen LogP contribution is 2.29. The summed E-state index contributed by atoms with van der Waals surface area (Å²) in [5.41, 5.74) is 4.11. The minimum absolute atomic E-state index is 0.170. The molecule has 7 heteroatoms. The lowest BCUT2D eigenvalue weighted by atomic mass is 9.92. The Labute approximate surface area is 184 Å². The number of rotatable bonds is 3. The summed E-state index contributed by atoms with van der Waals surface area (Å²) in [5.74, 6) is 0.352. The van der Waals surface area contributed by atoms with Gasteiger partial charge in [-0.05, 0) is 69.2 Å². The molecule has 166 valence electrons. The van der Waals surface area contributed by atoms with Crippen LogP contribution in [-0.4, -0.2) is 70.8 Å². The number of carbonyl (C=O) groups excluding carboxylic acids is 2. The molecule has 1 atom stereocenters. The van der Waals surface area contributed by atoms with Gasteiger partial charge in [-0.2, -0.15) is 0 Å². The first-order valence-electron chi connectivity index (χ1n) is 11.2. The Morgan fingerprint density at radius 3 is 2.68 bits per heavy atom. The van der Waals surface area contributed by atoms with Crippen molar-refractivity contribution in [1.29, 1.82) is 0 Å². The smallest absolute Gasteiger partial charge is 0.410 e. The van der Waals surface area contributed by atoms with Gasteiger partial charge in [-0.1, -0.05) is 0 Å². The van der Waals surface area contributed by atoms with Crippen LogP contribution in [0.5, 0.6) is 0 Å². The third-order valence-corrected chi connectivity index (χ3v) is 6.11. The van der Waals surface area contributed by atoms with Crippen molar-refractivity contribution in [3.8, 4) is 0 Å². The number of nitrogens with zero attached hydrogens (tertiary/aromatic N) is 4. The van der Waals surface area contributed by atoms with E-state index in [-0.39, 0.29) is 17.9 Å². The average Bonchev–Trinajstić information content (AvgIpc) is 3.16. The van der Waals surface area contributed by atoms with E-state index in [1.165, 1.54) is 11.1 Å². The fourth-order valence-corrected chi connectivity index (χ4v) is 4.58. The van der Waals surface area contributed by atoms with Crippen LogP contribution in [0.25, 0.3) is 0 Å². The Bertz CT molecular complexity index is 901. The number of hydrogen-bond donors (Lipinski definition) is 0. The zero-order valence-electron chi connectivity index (χ0n) is 18.8. The van der Waals surface area contributed by atoms with Crippen LogP contribution in [0.3, 0.4) is 0 Å². The molecule has 1 aromatic heterocycles. The lowest BCUT2D eigenvalue weighted by Crippen LogP contribution is -2.45. The van der Waals surface area contributed by atoms with Gasteiger partial charge in [0.2, 0.25) is 5.91 Å². The first kappa shape index (κ1) is 21.5. The number of likely N-dealkylation sites (tertiary alicyclic amines) is 1. The summed E-state index contributed by atoms with van der Waals surface area (Å²) in [4.78, 5) is 38.1. The standard InChI is InChI=1S/C24H32N4O3/c1-24(2,3)31-23(30)28-11-4-5-17(15-28)13-21(29)27-12-8-19-14-26-22(20(19)16-27)18-6-9-25-10-7-18/h6-7,9-10,17H,4-5,8,11-16H2,1-3H3. The SMILES string of the molecule is CC(C)(C)OC(=O)N1CCCC(CC(=O)N2CCC3=C(C2)C(c2ccncc2)=NC3)C1. The van der Waals surface area contributed by atoms with Gasteiger partial charge in [-0.25, -0.2) is 4.79 Å². The Kier molecular flexibility index (Phi) is 6.12. The fraction of sp³-hybridized carbons (Fsp3) is 0.583. The highest BCUT2D eigenvalue weighted by molar-refractivity contribution is 6.15. The Balaban J connectivity index is 1.35. The molecule has 2 amide bonds. The first-order chi connectivity index (χ1) is 14.8. The van der Waals surface area contributed by atoms with Gasteiger partial charge in [0.15, 0.2) is 0 Å². The molecular formula is C24H32N4O3. The summed E-state index contributed by atoms with van der Waals surface area (Å²) >= 11 is 0. The van der Waals surface area contributed by atoms with Crippen LogP contribution in [0.15, 0.2) is 40.7 Å². The molecule has 1 aromatic rings. The van der Waals surface area contributed by atoms with Gasteiger partial charge < -0.3 is 14.5 Å². The van der Waals surface area contributed by atoms with Crippen LogP contribution in [0, 0.1) is 5.92 Å². The molecule has 0 saturated carbocycles. The van der Waals surface area contributed by atoms with Gasteiger partial charge >= 0.3 is 6.09 Å². The molecular weight excluding hydrogens is 392 g/mol. The van der Waals surface area contributed by atoms with Crippen molar-refractivity contribution in [2.45, 2.75) is 52.1 Å². The van der Waals surface area contributed by atoms with Crippen LogP contribution in [-0.2, 0) is 9.53 Å². The number of ether oxygens (including phenoxy) is 1. The van der Waals surface area contributed by atoms with E-state index < -0.39 is 5.60 Å². The van der Waals surface area contributed by atoms with Gasteiger partial charge in [-0.3, -0.25) is 14.8 Å². The number of pyridine rings is 1. The molecule has 1 fully saturated rings. The number of carbonyl (C=O) groups is 2. The van der Waals surface area contributed by atoms with Crippen LogP contribution in [0.4, 0.5) is 4.79 Å². The second-order valence-electron chi connectivity index (χ2n) is 9.69. The zero-order valence-corrected chi connectivity index (χ0v) is 18.8. The van der Waals surface area contributed by atoms with E-state index in [0.29, 0.717) is 26.1 Å². The van der Waals surface area contributed by atoms with Crippen molar-refractivity contribution in [3.63, 3.8) is 0 Å². The van der Waals surface area contributed by atoms with E-state index in [1.807, 2.05) is 37.8 Å². The van der Waals surface area contributed by atoms with Crippen LogP contribution in [0.2, 0.25) is 0 Å². The second-order valence-corrected chi connectivity index (χ2v) is 9.69. The molecule has 0 N–H and O–H groups in total. The van der Waals surface area contributed by atoms with Gasteiger partial charge in [0.25, 0.3) is 0 Å². The quantitative estimate of drug-likeness (QED) is 0.745. The van der Waals surface area contributed by atoms with E-state index in [1.54, 1.807) is 17.3 Å². The molecule has 0 spiro atoms. The Morgan fingerprint density at radius 2 is 1.94 bits per heavy atom. The molecule has 1 saturated heterocycles. The number of piperidine rings is 1. The predicted molar refractivity (Wildman–Crippen MR) is 119 cm³/mol. The molecule has 7 nitrogen and oxygen atoms in total. The lowest BCUT2D eigenvalue weighted by molar-refractivity contribution is -0.132. The molecule has 0 radical (unpaired) electrons. The monoisotopic (exact) mass is 424 g/mol. The molecule has 3 aliphatic heterocycles. The summed E-state index contributed by atoms with van der Waals surface area (Å²) in [6.45, 7) is 9.03. The molecule has 0 aliphatic carbocycles. The molecule has 1 unspecified atom stereocenters. The van der Waals surface area contributed by atoms with Crippen molar-refractivity contribution >= 4 is 17.7 Å². The average molecular weight is 425 g/mol. The van der Waals surface area contributed by atoms with E-state index >= 15 is 0 Å². The van der Waals surface area contributed by atoms with Crippen molar-refractivity contribution in [2.75, 3.05) is 32.7 Å². The Morgan fingerprint density at radius 1 is 1.16 bits per heavy atom. The second kappa shape index (κ2) is 8.81. The molecule has 0 bridgehead atoms. The number of hydrogen-bond acceptors (Lipinski definition) is 5. The maximum Gasteiger partial charge on any atom is 0.410 e. The number of aliphatic imine (C=N–C) groups is 1. The minimum Gasteiger partial charge on any atom is -0.444 e. The summed E-state index contributed by atoms with van der Waals surface area (Å²) in [7, 11) is 0. The van der Waals surface area contributed by atoms with Gasteiger partial charge in [0, 0.05) is 50.6 Å². The van der Waals surface area contributed by atoms with Crippen LogP contribution < -0.4 is 0 Å². The highest BCUT2D eigenvalue weighted by Gasteiger charge is 2.32. The summed E-state index contributed by atoms with van der Waals surface area (Å²) in [5, 5.41) is 0. The summed E-state index contributed by atoms with van der Waals surface area (Å²) in [6, 6.07) is 3.95. The maximum atomic E-state index is 13.1. The zero-order chi connectivity index (χ0) is 22.0. The van der Waals surface area contributed by atoms with Crippen molar-refractivity contribution in [3.05, 3.63) is 41.2 Å². The molecule has 3 aliphatic rings. The molecule has 4 rings (SSSR count). The Hall–Kier alpha value is -2.70. The fourth-order valence-electron chi connectivity index (χ4n) is 4.58. The largest absolute Gasteiger partial charge is 0.444 e. The van der Waals surface area contributed by atoms with Crippen molar-refractivity contribution in [1.82, 2.24) is 14.8 Å². The van der Waals surface area contributed by atoms with Gasteiger partial charge in [0.05, 0.1) is 12.3 Å². The van der Waals surface area contributed by atoms with E-state index in [2.05, 4.69) is 4.98 Å². The molecule has 31 heavy (non-hydrogen) atoms. The van der Waals surface area contributed by atoms with Gasteiger partial charge in [0.1, 0.15) is 5.60 Å². The number of aromatic nitrogens is 1. The van der Waals surface area contributed by atoms with E-state index in [4.69, 9.17) is 9.73 Å². The predicted octanol–water partition coefficient (Wildman–Crippen LogP) is 3.45. The lowest BCUT2D eigenvalue weighted by Gasteiger charge is -2.35. The summed E-state index contributed by atoms with van der Waals surface area (Å²) < 4.78 is 5.52. The maximum absolute atomic E-state index is 13.1. The highest BCUT2D eigenvalue weighted by atomic mass is 16.6. The molecule has 4 heterocycles. The molecule has 0 aromatic carbocycles. The topological polar surface area (TPSA) is 75.1 Å².